The van der Waals surface area contributed by atoms with Crippen LogP contribution in [-0.2, 0) is 30.6 Å². The maximum atomic E-state index is 13.5. The molecule has 0 saturated carbocycles. The molecule has 1 aliphatic rings. The molecule has 0 radical (unpaired) electrons. The summed E-state index contributed by atoms with van der Waals surface area (Å²) >= 11 is 0. The molecule has 2 aromatic heterocycles. The zero-order valence-electron chi connectivity index (χ0n) is 23.7. The topological polar surface area (TPSA) is 117 Å². The number of fused-ring (bicyclic) bond motifs is 1. The van der Waals surface area contributed by atoms with Crippen molar-refractivity contribution in [1.29, 1.82) is 0 Å². The van der Waals surface area contributed by atoms with E-state index in [4.69, 9.17) is 9.84 Å². The number of nitrogens with one attached hydrogen (secondary N) is 3. The van der Waals surface area contributed by atoms with Crippen LogP contribution in [0.5, 0.6) is 5.75 Å². The van der Waals surface area contributed by atoms with Gasteiger partial charge in [-0.05, 0) is 47.7 Å². The highest BCUT2D eigenvalue weighted by Crippen LogP contribution is 2.26. The third-order valence-corrected chi connectivity index (χ3v) is 7.99. The number of aryl methyl sites for hydroxylation is 2. The van der Waals surface area contributed by atoms with E-state index in [9.17, 15) is 9.90 Å². The summed E-state index contributed by atoms with van der Waals surface area (Å²) in [6.07, 6.45) is 3.91. The molecule has 4 N–H and O–H groups in total. The summed E-state index contributed by atoms with van der Waals surface area (Å²) in [6.45, 7) is 0.958. The Morgan fingerprint density at radius 3 is 2.57 bits per heavy atom. The molecule has 3 atom stereocenters. The number of aromatic nitrogens is 4. The molecule has 1 saturated heterocycles. The first-order valence-corrected chi connectivity index (χ1v) is 14.4. The van der Waals surface area contributed by atoms with E-state index in [1.165, 1.54) is 5.56 Å². The van der Waals surface area contributed by atoms with E-state index < -0.39 is 18.2 Å². The fraction of sp³-hybridized carbons (Fsp3) is 0.303. The van der Waals surface area contributed by atoms with Gasteiger partial charge in [0.15, 0.2) is 5.82 Å². The van der Waals surface area contributed by atoms with Gasteiger partial charge in [-0.3, -0.25) is 4.79 Å². The van der Waals surface area contributed by atoms with Crippen LogP contribution in [0.4, 0.5) is 0 Å². The molecule has 1 aliphatic heterocycles. The number of aliphatic hydroxyl groups is 1. The Morgan fingerprint density at radius 1 is 1.02 bits per heavy atom. The quantitative estimate of drug-likeness (QED) is 0.194. The Hall–Kier alpha value is -4.47. The number of β-amino-alcohol motifs (C(OH)–C–C–N with tert-alkyl or cyclic N) is 1. The van der Waals surface area contributed by atoms with E-state index in [1.54, 1.807) is 7.11 Å². The lowest BCUT2D eigenvalue weighted by atomic mass is 10.0. The van der Waals surface area contributed by atoms with Gasteiger partial charge in [-0.15, -0.1) is 10.2 Å². The van der Waals surface area contributed by atoms with Crippen molar-refractivity contribution in [3.8, 4) is 5.75 Å². The predicted octanol–water partition coefficient (Wildman–Crippen LogP) is 3.72. The number of benzene rings is 3. The van der Waals surface area contributed by atoms with Gasteiger partial charge in [-0.1, -0.05) is 60.7 Å². The first-order chi connectivity index (χ1) is 20.6. The van der Waals surface area contributed by atoms with Gasteiger partial charge in [0, 0.05) is 36.5 Å². The molecule has 42 heavy (non-hydrogen) atoms. The van der Waals surface area contributed by atoms with Gasteiger partial charge in [0.05, 0.1) is 31.8 Å². The van der Waals surface area contributed by atoms with Crippen molar-refractivity contribution in [2.45, 2.75) is 50.4 Å². The fourth-order valence-corrected chi connectivity index (χ4v) is 5.69. The van der Waals surface area contributed by atoms with E-state index in [1.807, 2.05) is 66.9 Å². The molecule has 3 heterocycles. The third-order valence-electron chi connectivity index (χ3n) is 7.99. The molecule has 5 aromatic rings. The van der Waals surface area contributed by atoms with E-state index >= 15 is 0 Å². The van der Waals surface area contributed by atoms with E-state index in [2.05, 4.69) is 43.5 Å². The number of para-hydroxylation sites is 1. The minimum absolute atomic E-state index is 0.152. The summed E-state index contributed by atoms with van der Waals surface area (Å²) in [5, 5.41) is 26.9. The minimum Gasteiger partial charge on any atom is -0.497 e. The zero-order valence-corrected chi connectivity index (χ0v) is 23.7. The summed E-state index contributed by atoms with van der Waals surface area (Å²) in [5.74, 6) is 2.20. The first kappa shape index (κ1) is 27.7. The summed E-state index contributed by atoms with van der Waals surface area (Å²) in [6, 6.07) is 25.6. The Kier molecular flexibility index (Phi) is 8.30. The minimum atomic E-state index is -0.531. The number of nitrogens with zero attached hydrogens (tertiary/aromatic N) is 3. The van der Waals surface area contributed by atoms with Gasteiger partial charge < -0.3 is 30.0 Å². The maximum absolute atomic E-state index is 13.5. The van der Waals surface area contributed by atoms with Crippen LogP contribution in [0.3, 0.4) is 0 Å². The number of carbonyl (C=O) groups excluding carboxylic acids is 1. The first-order valence-electron chi connectivity index (χ1n) is 14.4. The molecule has 0 unspecified atom stereocenters. The van der Waals surface area contributed by atoms with Crippen molar-refractivity contribution in [3.63, 3.8) is 0 Å². The molecular weight excluding hydrogens is 528 g/mol. The lowest BCUT2D eigenvalue weighted by Crippen LogP contribution is -2.43. The Balaban J connectivity index is 1.36. The molecule has 0 spiro atoms. The van der Waals surface area contributed by atoms with E-state index in [0.717, 1.165) is 40.0 Å². The second-order valence-corrected chi connectivity index (χ2v) is 10.9. The number of hydrogen-bond donors (Lipinski definition) is 4. The van der Waals surface area contributed by atoms with Crippen molar-refractivity contribution in [2.24, 2.45) is 0 Å². The van der Waals surface area contributed by atoms with Gasteiger partial charge in [-0.25, -0.2) is 0 Å². The Morgan fingerprint density at radius 2 is 1.81 bits per heavy atom. The highest BCUT2D eigenvalue weighted by atomic mass is 16.5. The van der Waals surface area contributed by atoms with Crippen LogP contribution in [0.25, 0.3) is 10.9 Å². The molecule has 9 nitrogen and oxygen atoms in total. The van der Waals surface area contributed by atoms with Crippen molar-refractivity contribution >= 4 is 16.8 Å². The molecule has 0 aliphatic carbocycles. The standard InChI is InChI=1S/C33H36N6O3/c1-42-26-14-11-23(12-15-26)21-39-31(16-13-22-7-3-2-4-8-22)37-38-32(39)29(36-33(41)30-18-25(40)20-35-30)17-24-19-34-28-10-6-5-9-27(24)28/h2-12,14-15,19,25,29-30,34-35,40H,13,16-18,20-21H2,1H3,(H,36,41)/t25-,29-,30+/m1/s1. The molecule has 3 aromatic carbocycles. The van der Waals surface area contributed by atoms with Crippen molar-refractivity contribution < 1.29 is 14.6 Å². The number of ether oxygens (including phenoxy) is 1. The molecule has 216 valence electrons. The highest BCUT2D eigenvalue weighted by Gasteiger charge is 2.32. The lowest BCUT2D eigenvalue weighted by molar-refractivity contribution is -0.123. The van der Waals surface area contributed by atoms with Gasteiger partial charge in [-0.2, -0.15) is 0 Å². The summed E-state index contributed by atoms with van der Waals surface area (Å²) < 4.78 is 7.51. The van der Waals surface area contributed by atoms with Crippen LogP contribution in [0, 0.1) is 0 Å². The van der Waals surface area contributed by atoms with Crippen LogP contribution >= 0.6 is 0 Å². The van der Waals surface area contributed by atoms with Gasteiger partial charge >= 0.3 is 0 Å². The third kappa shape index (κ3) is 6.22. The number of aliphatic hydroxyl groups excluding tert-OH is 1. The number of H-pyrrole nitrogens is 1. The largest absolute Gasteiger partial charge is 0.497 e. The normalized spacial score (nSPS) is 17.4. The smallest absolute Gasteiger partial charge is 0.237 e. The van der Waals surface area contributed by atoms with Crippen LogP contribution in [-0.4, -0.2) is 56.6 Å². The maximum Gasteiger partial charge on any atom is 0.237 e. The Labute approximate surface area is 244 Å². The van der Waals surface area contributed by atoms with E-state index in [-0.39, 0.29) is 5.91 Å². The van der Waals surface area contributed by atoms with Gasteiger partial charge in [0.2, 0.25) is 5.91 Å². The molecular formula is C33H36N6O3. The second-order valence-electron chi connectivity index (χ2n) is 10.9. The molecule has 1 fully saturated rings. The van der Waals surface area contributed by atoms with Crippen LogP contribution in [0.15, 0.2) is 85.1 Å². The van der Waals surface area contributed by atoms with E-state index in [0.29, 0.717) is 38.2 Å². The second kappa shape index (κ2) is 12.6. The molecule has 6 rings (SSSR count). The van der Waals surface area contributed by atoms with Crippen LogP contribution in [0.1, 0.15) is 40.8 Å². The lowest BCUT2D eigenvalue weighted by Gasteiger charge is -2.22. The monoisotopic (exact) mass is 564 g/mol. The van der Waals surface area contributed by atoms with Crippen molar-refractivity contribution in [3.05, 3.63) is 113 Å². The van der Waals surface area contributed by atoms with Gasteiger partial charge in [0.25, 0.3) is 0 Å². The fourth-order valence-electron chi connectivity index (χ4n) is 5.69. The number of carbonyl (C=O) groups is 1. The number of aromatic amines is 1. The SMILES string of the molecule is COc1ccc(Cn2c(CCc3ccccc3)nnc2[C@@H](Cc2c[nH]c3ccccc23)NC(=O)[C@@H]2C[C@@H](O)CN2)cc1. The highest BCUT2D eigenvalue weighted by molar-refractivity contribution is 5.84. The summed E-state index contributed by atoms with van der Waals surface area (Å²) in [4.78, 5) is 16.8. The number of methoxy groups -OCH3 is 1. The average molecular weight is 565 g/mol. The molecule has 0 bridgehead atoms. The van der Waals surface area contributed by atoms with Crippen LogP contribution in [0.2, 0.25) is 0 Å². The number of hydrogen-bond acceptors (Lipinski definition) is 6. The van der Waals surface area contributed by atoms with Crippen molar-refractivity contribution in [2.75, 3.05) is 13.7 Å². The molecule has 9 heteroatoms. The zero-order chi connectivity index (χ0) is 28.9. The summed E-state index contributed by atoms with van der Waals surface area (Å²) in [7, 11) is 1.66. The number of amides is 1. The van der Waals surface area contributed by atoms with Crippen LogP contribution < -0.4 is 15.4 Å². The summed E-state index contributed by atoms with van der Waals surface area (Å²) in [5.41, 5.74) is 4.43. The van der Waals surface area contributed by atoms with Crippen molar-refractivity contribution in [1.82, 2.24) is 30.4 Å². The predicted molar refractivity (Wildman–Crippen MR) is 161 cm³/mol. The Bertz CT molecular complexity index is 1630. The number of rotatable bonds is 11. The molecule has 1 amide bonds. The van der Waals surface area contributed by atoms with Gasteiger partial charge in [0.1, 0.15) is 11.6 Å². The average Bonchev–Trinajstić information content (AvgIpc) is 3.75.